The summed E-state index contributed by atoms with van der Waals surface area (Å²) in [5.74, 6) is 0. The molecule has 1 saturated heterocycles. The molecule has 0 saturated carbocycles. The van der Waals surface area contributed by atoms with Crippen LogP contribution in [0.2, 0.25) is 5.02 Å². The average molecular weight is 196 g/mol. The molecular weight excluding hydrogens is 182 g/mol. The van der Waals surface area contributed by atoms with Crippen LogP contribution in [0.25, 0.3) is 0 Å². The van der Waals surface area contributed by atoms with Crippen molar-refractivity contribution in [3.8, 4) is 0 Å². The minimum atomic E-state index is 0.479. The van der Waals surface area contributed by atoms with Crippen LogP contribution >= 0.6 is 11.6 Å². The Morgan fingerprint density at radius 1 is 1.46 bits per heavy atom. The molecule has 0 aliphatic carbocycles. The summed E-state index contributed by atoms with van der Waals surface area (Å²) in [5, 5.41) is 4.35. The summed E-state index contributed by atoms with van der Waals surface area (Å²) >= 11 is 6.14. The Bertz CT molecular complexity index is 303. The summed E-state index contributed by atoms with van der Waals surface area (Å²) in [6.45, 7) is 3.23. The highest BCUT2D eigenvalue weighted by molar-refractivity contribution is 6.31. The number of aryl methyl sites for hydroxylation is 1. The highest BCUT2D eigenvalue weighted by atomic mass is 35.5. The standard InChI is InChI=1S/C11H14ClN/c1-8-4-5-10(12)9(7-8)11-3-2-6-13-11/h4-5,7,11,13H,2-3,6H2,1H3/t11-/m0/s1. The monoisotopic (exact) mass is 195 g/mol. The Morgan fingerprint density at radius 2 is 2.31 bits per heavy atom. The third-order valence-electron chi connectivity index (χ3n) is 2.59. The first-order valence-corrected chi connectivity index (χ1v) is 5.14. The lowest BCUT2D eigenvalue weighted by Gasteiger charge is -2.13. The molecule has 13 heavy (non-hydrogen) atoms. The number of hydrogen-bond donors (Lipinski definition) is 1. The second-order valence-corrected chi connectivity index (χ2v) is 4.08. The van der Waals surface area contributed by atoms with Crippen molar-refractivity contribution < 1.29 is 0 Å². The number of nitrogens with one attached hydrogen (secondary N) is 1. The Morgan fingerprint density at radius 3 is 3.00 bits per heavy atom. The zero-order chi connectivity index (χ0) is 9.26. The molecule has 2 rings (SSSR count). The molecule has 1 aliphatic heterocycles. The van der Waals surface area contributed by atoms with Gasteiger partial charge in [0.15, 0.2) is 0 Å². The lowest BCUT2D eigenvalue weighted by molar-refractivity contribution is 0.647. The zero-order valence-electron chi connectivity index (χ0n) is 7.81. The van der Waals surface area contributed by atoms with Gasteiger partial charge in [0.2, 0.25) is 0 Å². The molecule has 1 N–H and O–H groups in total. The van der Waals surface area contributed by atoms with Crippen molar-refractivity contribution in [1.29, 1.82) is 0 Å². The summed E-state index contributed by atoms with van der Waals surface area (Å²) in [6, 6.07) is 6.71. The van der Waals surface area contributed by atoms with E-state index in [0.717, 1.165) is 11.6 Å². The molecule has 0 unspecified atom stereocenters. The van der Waals surface area contributed by atoms with Gasteiger partial charge in [-0.3, -0.25) is 0 Å². The van der Waals surface area contributed by atoms with E-state index < -0.39 is 0 Å². The van der Waals surface area contributed by atoms with E-state index in [4.69, 9.17) is 11.6 Å². The van der Waals surface area contributed by atoms with Gasteiger partial charge < -0.3 is 5.32 Å². The van der Waals surface area contributed by atoms with E-state index in [1.807, 2.05) is 6.07 Å². The van der Waals surface area contributed by atoms with Crippen LogP contribution in [0.4, 0.5) is 0 Å². The maximum Gasteiger partial charge on any atom is 0.0453 e. The van der Waals surface area contributed by atoms with Gasteiger partial charge in [-0.1, -0.05) is 29.3 Å². The summed E-state index contributed by atoms with van der Waals surface area (Å²) in [7, 11) is 0. The second kappa shape index (κ2) is 3.69. The fourth-order valence-corrected chi connectivity index (χ4v) is 2.13. The Hall–Kier alpha value is -0.530. The van der Waals surface area contributed by atoms with Gasteiger partial charge in [0.1, 0.15) is 0 Å². The summed E-state index contributed by atoms with van der Waals surface area (Å²) in [5.41, 5.74) is 2.55. The van der Waals surface area contributed by atoms with Crippen molar-refractivity contribution in [2.45, 2.75) is 25.8 Å². The number of hydrogen-bond acceptors (Lipinski definition) is 1. The normalized spacial score (nSPS) is 22.2. The van der Waals surface area contributed by atoms with Crippen molar-refractivity contribution >= 4 is 11.6 Å². The van der Waals surface area contributed by atoms with Gasteiger partial charge in [-0.25, -0.2) is 0 Å². The fourth-order valence-electron chi connectivity index (χ4n) is 1.88. The molecule has 2 heteroatoms. The maximum absolute atomic E-state index is 6.14. The molecule has 1 nitrogen and oxygen atoms in total. The highest BCUT2D eigenvalue weighted by Crippen LogP contribution is 2.29. The van der Waals surface area contributed by atoms with Gasteiger partial charge in [0.25, 0.3) is 0 Å². The SMILES string of the molecule is Cc1ccc(Cl)c([C@@H]2CCCN2)c1. The first-order valence-electron chi connectivity index (χ1n) is 4.77. The van der Waals surface area contributed by atoms with E-state index in [-0.39, 0.29) is 0 Å². The summed E-state index contributed by atoms with van der Waals surface area (Å²) < 4.78 is 0. The van der Waals surface area contributed by atoms with Crippen molar-refractivity contribution in [2.24, 2.45) is 0 Å². The molecule has 1 aromatic rings. The van der Waals surface area contributed by atoms with E-state index in [1.165, 1.54) is 24.0 Å². The molecule has 0 amide bonds. The van der Waals surface area contributed by atoms with Crippen molar-refractivity contribution in [3.63, 3.8) is 0 Å². The van der Waals surface area contributed by atoms with Gasteiger partial charge in [0.05, 0.1) is 0 Å². The predicted octanol–water partition coefficient (Wildman–Crippen LogP) is 3.07. The maximum atomic E-state index is 6.14. The molecule has 0 spiro atoms. The van der Waals surface area contributed by atoms with Crippen LogP contribution in [0.1, 0.15) is 30.0 Å². The molecule has 0 bridgehead atoms. The lowest BCUT2D eigenvalue weighted by atomic mass is 10.0. The lowest BCUT2D eigenvalue weighted by Crippen LogP contribution is -2.13. The number of benzene rings is 1. The van der Waals surface area contributed by atoms with E-state index in [9.17, 15) is 0 Å². The van der Waals surface area contributed by atoms with E-state index in [2.05, 4.69) is 24.4 Å². The second-order valence-electron chi connectivity index (χ2n) is 3.67. The minimum Gasteiger partial charge on any atom is -0.310 e. The van der Waals surface area contributed by atoms with Crippen molar-refractivity contribution in [1.82, 2.24) is 5.32 Å². The Labute approximate surface area is 84.1 Å². The van der Waals surface area contributed by atoms with Crippen LogP contribution < -0.4 is 5.32 Å². The quantitative estimate of drug-likeness (QED) is 0.727. The topological polar surface area (TPSA) is 12.0 Å². The van der Waals surface area contributed by atoms with Crippen LogP contribution in [0.15, 0.2) is 18.2 Å². The Balaban J connectivity index is 2.32. The predicted molar refractivity (Wildman–Crippen MR) is 56.2 cm³/mol. The Kier molecular flexibility index (Phi) is 2.56. The minimum absolute atomic E-state index is 0.479. The number of rotatable bonds is 1. The summed E-state index contributed by atoms with van der Waals surface area (Å²) in [4.78, 5) is 0. The molecular formula is C11H14ClN. The molecule has 70 valence electrons. The largest absolute Gasteiger partial charge is 0.310 e. The molecule has 0 aromatic heterocycles. The zero-order valence-corrected chi connectivity index (χ0v) is 8.56. The molecule has 1 atom stereocenters. The van der Waals surface area contributed by atoms with E-state index in [0.29, 0.717) is 6.04 Å². The van der Waals surface area contributed by atoms with Gasteiger partial charge in [-0.05, 0) is 37.9 Å². The van der Waals surface area contributed by atoms with Crippen LogP contribution in [-0.2, 0) is 0 Å². The molecule has 1 heterocycles. The van der Waals surface area contributed by atoms with Crippen LogP contribution in [0.5, 0.6) is 0 Å². The van der Waals surface area contributed by atoms with Crippen LogP contribution in [0.3, 0.4) is 0 Å². The molecule has 1 fully saturated rings. The van der Waals surface area contributed by atoms with Crippen LogP contribution in [-0.4, -0.2) is 6.54 Å². The van der Waals surface area contributed by atoms with Gasteiger partial charge in [-0.2, -0.15) is 0 Å². The smallest absolute Gasteiger partial charge is 0.0453 e. The first-order chi connectivity index (χ1) is 6.27. The van der Waals surface area contributed by atoms with E-state index in [1.54, 1.807) is 0 Å². The highest BCUT2D eigenvalue weighted by Gasteiger charge is 2.18. The van der Waals surface area contributed by atoms with Gasteiger partial charge >= 0.3 is 0 Å². The molecule has 1 aromatic carbocycles. The number of halogens is 1. The third kappa shape index (κ3) is 1.87. The van der Waals surface area contributed by atoms with E-state index >= 15 is 0 Å². The van der Waals surface area contributed by atoms with Gasteiger partial charge in [-0.15, -0.1) is 0 Å². The van der Waals surface area contributed by atoms with Crippen LogP contribution in [0, 0.1) is 6.92 Å². The molecule has 0 radical (unpaired) electrons. The fraction of sp³-hybridized carbons (Fsp3) is 0.455. The summed E-state index contributed by atoms with van der Waals surface area (Å²) in [6.07, 6.45) is 2.47. The van der Waals surface area contributed by atoms with Crippen molar-refractivity contribution in [3.05, 3.63) is 34.3 Å². The molecule has 1 aliphatic rings. The first kappa shape index (κ1) is 9.04. The third-order valence-corrected chi connectivity index (χ3v) is 2.93. The average Bonchev–Trinajstić information content (AvgIpc) is 2.61. The van der Waals surface area contributed by atoms with Gasteiger partial charge in [0, 0.05) is 11.1 Å². The van der Waals surface area contributed by atoms with Crippen molar-refractivity contribution in [2.75, 3.05) is 6.54 Å².